The number of anilines is 1. The normalized spacial score (nSPS) is 17.3. The summed E-state index contributed by atoms with van der Waals surface area (Å²) in [4.78, 5) is 16.3. The highest BCUT2D eigenvalue weighted by Crippen LogP contribution is 2.17. The summed E-state index contributed by atoms with van der Waals surface area (Å²) in [6.07, 6.45) is 11.2. The lowest BCUT2D eigenvalue weighted by Gasteiger charge is -2.14. The number of amides is 1. The quantitative estimate of drug-likeness (QED) is 0.630. The van der Waals surface area contributed by atoms with Crippen LogP contribution in [0.2, 0.25) is 0 Å². The standard InChI is InChI=1S/C17H22N4O2S/c1-3-4-15(18)21-17-20-14(11-24-17)16(22)19-10-9-12-5-7-13(23-2)8-6-12/h3-7,11,13H,1,8-10,18H2,2H3,(H,19,22)(H,20,21)/b15-4+. The molecule has 0 aliphatic heterocycles. The molecule has 7 heteroatoms. The van der Waals surface area contributed by atoms with Gasteiger partial charge in [0, 0.05) is 19.0 Å². The molecule has 128 valence electrons. The second-order valence-corrected chi connectivity index (χ2v) is 6.03. The number of thiazole rings is 1. The first-order chi connectivity index (χ1) is 11.6. The minimum absolute atomic E-state index is 0.159. The Kier molecular flexibility index (Phi) is 6.77. The van der Waals surface area contributed by atoms with E-state index in [9.17, 15) is 4.79 Å². The topological polar surface area (TPSA) is 89.3 Å². The van der Waals surface area contributed by atoms with E-state index in [0.29, 0.717) is 23.2 Å². The number of rotatable bonds is 8. The molecule has 1 heterocycles. The van der Waals surface area contributed by atoms with Crippen molar-refractivity contribution in [2.24, 2.45) is 5.73 Å². The van der Waals surface area contributed by atoms with Crippen LogP contribution in [0.15, 0.2) is 53.7 Å². The molecule has 0 saturated carbocycles. The van der Waals surface area contributed by atoms with Crippen molar-refractivity contribution in [1.29, 1.82) is 0 Å². The Balaban J connectivity index is 1.78. The lowest BCUT2D eigenvalue weighted by atomic mass is 10.0. The van der Waals surface area contributed by atoms with Gasteiger partial charge in [0.05, 0.1) is 6.10 Å². The number of aromatic nitrogens is 1. The van der Waals surface area contributed by atoms with Crippen LogP contribution < -0.4 is 16.4 Å². The van der Waals surface area contributed by atoms with E-state index in [1.807, 2.05) is 12.2 Å². The highest BCUT2D eigenvalue weighted by molar-refractivity contribution is 7.13. The first-order valence-electron chi connectivity index (χ1n) is 7.61. The molecule has 1 unspecified atom stereocenters. The first kappa shape index (κ1) is 18.0. The monoisotopic (exact) mass is 346 g/mol. The summed E-state index contributed by atoms with van der Waals surface area (Å²) in [5.74, 6) is 0.234. The number of nitrogens with one attached hydrogen (secondary N) is 2. The number of ether oxygens (including phenoxy) is 1. The van der Waals surface area contributed by atoms with Gasteiger partial charge in [0.15, 0.2) is 5.13 Å². The van der Waals surface area contributed by atoms with Crippen LogP contribution in [0, 0.1) is 0 Å². The molecule has 0 bridgehead atoms. The van der Waals surface area contributed by atoms with E-state index in [1.165, 1.54) is 16.9 Å². The van der Waals surface area contributed by atoms with E-state index in [4.69, 9.17) is 10.5 Å². The van der Waals surface area contributed by atoms with Crippen molar-refractivity contribution in [2.75, 3.05) is 19.0 Å². The number of hydrogen-bond donors (Lipinski definition) is 3. The average Bonchev–Trinajstić information content (AvgIpc) is 3.04. The molecule has 6 nitrogen and oxygen atoms in total. The SMILES string of the molecule is C=C/C=C(\N)Nc1nc(C(=O)NCCC2=CCC(OC)C=C2)cs1. The molecule has 1 amide bonds. The maximum Gasteiger partial charge on any atom is 0.270 e. The Morgan fingerprint density at radius 1 is 1.62 bits per heavy atom. The van der Waals surface area contributed by atoms with E-state index < -0.39 is 0 Å². The van der Waals surface area contributed by atoms with Crippen molar-refractivity contribution >= 4 is 22.4 Å². The number of allylic oxidation sites excluding steroid dienone is 3. The number of carbonyl (C=O) groups excluding carboxylic acids is 1. The van der Waals surface area contributed by atoms with E-state index in [1.54, 1.807) is 24.6 Å². The van der Waals surface area contributed by atoms with Crippen molar-refractivity contribution in [3.8, 4) is 0 Å². The Bertz CT molecular complexity index is 676. The summed E-state index contributed by atoms with van der Waals surface area (Å²) in [6, 6.07) is 0. The van der Waals surface area contributed by atoms with Crippen molar-refractivity contribution in [1.82, 2.24) is 10.3 Å². The molecular weight excluding hydrogens is 324 g/mol. The molecule has 1 aromatic heterocycles. The van der Waals surface area contributed by atoms with Gasteiger partial charge < -0.3 is 21.1 Å². The van der Waals surface area contributed by atoms with Crippen LogP contribution >= 0.6 is 11.3 Å². The fraction of sp³-hybridized carbons (Fsp3) is 0.294. The van der Waals surface area contributed by atoms with Gasteiger partial charge in [0.2, 0.25) is 0 Å². The smallest absolute Gasteiger partial charge is 0.270 e. The molecule has 4 N–H and O–H groups in total. The highest BCUT2D eigenvalue weighted by atomic mass is 32.1. The number of hydrogen-bond acceptors (Lipinski definition) is 6. The largest absolute Gasteiger partial charge is 0.385 e. The lowest BCUT2D eigenvalue weighted by Crippen LogP contribution is -2.25. The molecule has 0 saturated heterocycles. The third kappa shape index (κ3) is 5.36. The molecule has 1 atom stereocenters. The Labute approximate surface area is 145 Å². The van der Waals surface area contributed by atoms with Gasteiger partial charge >= 0.3 is 0 Å². The molecule has 0 spiro atoms. The second kappa shape index (κ2) is 9.05. The molecular formula is C17H22N4O2S. The molecule has 1 aliphatic rings. The molecule has 0 aromatic carbocycles. The highest BCUT2D eigenvalue weighted by Gasteiger charge is 2.11. The van der Waals surface area contributed by atoms with Crippen LogP contribution in [0.25, 0.3) is 0 Å². The fourth-order valence-corrected chi connectivity index (χ4v) is 2.85. The van der Waals surface area contributed by atoms with Crippen LogP contribution in [-0.2, 0) is 4.74 Å². The summed E-state index contributed by atoms with van der Waals surface area (Å²) in [5.41, 5.74) is 7.28. The van der Waals surface area contributed by atoms with Crippen molar-refractivity contribution in [2.45, 2.75) is 18.9 Å². The zero-order chi connectivity index (χ0) is 17.4. The minimum atomic E-state index is -0.194. The summed E-state index contributed by atoms with van der Waals surface area (Å²) in [5, 5.41) is 8.04. The van der Waals surface area contributed by atoms with Crippen LogP contribution in [0.1, 0.15) is 23.3 Å². The zero-order valence-corrected chi connectivity index (χ0v) is 14.4. The Morgan fingerprint density at radius 2 is 2.46 bits per heavy atom. The minimum Gasteiger partial charge on any atom is -0.385 e. The van der Waals surface area contributed by atoms with E-state index >= 15 is 0 Å². The third-order valence-electron chi connectivity index (χ3n) is 3.42. The average molecular weight is 346 g/mol. The second-order valence-electron chi connectivity index (χ2n) is 5.17. The van der Waals surface area contributed by atoms with Crippen LogP contribution in [0.4, 0.5) is 5.13 Å². The predicted octanol–water partition coefficient (Wildman–Crippen LogP) is 2.56. The third-order valence-corrected chi connectivity index (χ3v) is 4.18. The van der Waals surface area contributed by atoms with Gasteiger partial charge in [-0.05, 0) is 18.9 Å². The van der Waals surface area contributed by atoms with Crippen LogP contribution in [0.5, 0.6) is 0 Å². The molecule has 1 aromatic rings. The molecule has 24 heavy (non-hydrogen) atoms. The number of carbonyl (C=O) groups is 1. The lowest BCUT2D eigenvalue weighted by molar-refractivity contribution is 0.0950. The van der Waals surface area contributed by atoms with Gasteiger partial charge in [0.25, 0.3) is 5.91 Å². The van der Waals surface area contributed by atoms with Crippen LogP contribution in [-0.4, -0.2) is 30.6 Å². The van der Waals surface area contributed by atoms with Crippen LogP contribution in [0.3, 0.4) is 0 Å². The molecule has 2 rings (SSSR count). The van der Waals surface area contributed by atoms with Gasteiger partial charge in [0.1, 0.15) is 11.5 Å². The summed E-state index contributed by atoms with van der Waals surface area (Å²) in [7, 11) is 1.70. The Morgan fingerprint density at radius 3 is 3.12 bits per heavy atom. The predicted molar refractivity (Wildman–Crippen MR) is 97.8 cm³/mol. The first-order valence-corrected chi connectivity index (χ1v) is 8.49. The van der Waals surface area contributed by atoms with Gasteiger partial charge in [-0.1, -0.05) is 36.5 Å². The van der Waals surface area contributed by atoms with Gasteiger partial charge in [-0.15, -0.1) is 11.3 Å². The number of nitrogens with zero attached hydrogens (tertiary/aromatic N) is 1. The Hall–Kier alpha value is -2.38. The fourth-order valence-electron chi connectivity index (χ4n) is 2.14. The maximum absolute atomic E-state index is 12.1. The summed E-state index contributed by atoms with van der Waals surface area (Å²) >= 11 is 1.32. The molecule has 0 radical (unpaired) electrons. The molecule has 0 fully saturated rings. The van der Waals surface area contributed by atoms with Gasteiger partial charge in [-0.25, -0.2) is 4.98 Å². The number of nitrogens with two attached hydrogens (primary N) is 1. The van der Waals surface area contributed by atoms with Gasteiger partial charge in [-0.2, -0.15) is 0 Å². The van der Waals surface area contributed by atoms with E-state index in [-0.39, 0.29) is 12.0 Å². The van der Waals surface area contributed by atoms with Crippen molar-refractivity contribution in [3.05, 3.63) is 59.4 Å². The van der Waals surface area contributed by atoms with E-state index in [2.05, 4.69) is 28.3 Å². The summed E-state index contributed by atoms with van der Waals surface area (Å²) < 4.78 is 5.25. The maximum atomic E-state index is 12.1. The summed E-state index contributed by atoms with van der Waals surface area (Å²) in [6.45, 7) is 4.12. The number of methoxy groups -OCH3 is 1. The van der Waals surface area contributed by atoms with Crippen molar-refractivity contribution < 1.29 is 9.53 Å². The van der Waals surface area contributed by atoms with Crippen molar-refractivity contribution in [3.63, 3.8) is 0 Å². The van der Waals surface area contributed by atoms with Gasteiger partial charge in [-0.3, -0.25) is 4.79 Å². The molecule has 1 aliphatic carbocycles. The van der Waals surface area contributed by atoms with E-state index in [0.717, 1.165) is 12.8 Å². The zero-order valence-electron chi connectivity index (χ0n) is 13.6.